The van der Waals surface area contributed by atoms with E-state index >= 15 is 0 Å². The van der Waals surface area contributed by atoms with E-state index in [2.05, 4.69) is 5.10 Å². The summed E-state index contributed by atoms with van der Waals surface area (Å²) in [5, 5.41) is 8.89. The van der Waals surface area contributed by atoms with Gasteiger partial charge in [-0.3, -0.25) is 9.48 Å². The Hall–Kier alpha value is -2.13. The van der Waals surface area contributed by atoms with Gasteiger partial charge in [0.25, 0.3) is 15.9 Å². The minimum absolute atomic E-state index is 0.0117. The Bertz CT molecular complexity index is 815. The Morgan fingerprint density at radius 1 is 1.35 bits per heavy atom. The highest BCUT2D eigenvalue weighted by atomic mass is 32.2. The molecule has 3 heterocycles. The van der Waals surface area contributed by atoms with Crippen LogP contribution in [-0.2, 0) is 10.0 Å². The predicted molar refractivity (Wildman–Crippen MR) is 81.2 cm³/mol. The minimum atomic E-state index is -3.94. The molecule has 1 aliphatic heterocycles. The minimum Gasteiger partial charge on any atom is -0.438 e. The van der Waals surface area contributed by atoms with Gasteiger partial charge in [0.15, 0.2) is 5.76 Å². The van der Waals surface area contributed by atoms with Crippen LogP contribution in [0.25, 0.3) is 0 Å². The lowest BCUT2D eigenvalue weighted by atomic mass is 10.1. The van der Waals surface area contributed by atoms with Gasteiger partial charge in [-0.15, -0.1) is 0 Å². The smallest absolute Gasteiger partial charge is 0.289 e. The highest BCUT2D eigenvalue weighted by molar-refractivity contribution is 7.89. The summed E-state index contributed by atoms with van der Waals surface area (Å²) in [6.07, 6.45) is 5.38. The van der Waals surface area contributed by atoms with Crippen LogP contribution in [-0.4, -0.2) is 42.1 Å². The second-order valence-electron chi connectivity index (χ2n) is 5.68. The number of sulfonamides is 1. The second-order valence-corrected chi connectivity index (χ2v) is 7.18. The molecule has 23 heavy (non-hydrogen) atoms. The van der Waals surface area contributed by atoms with E-state index in [1.807, 2.05) is 24.0 Å². The van der Waals surface area contributed by atoms with Crippen molar-refractivity contribution < 1.29 is 17.6 Å². The fourth-order valence-corrected chi connectivity index (χ4v) is 3.17. The topological polar surface area (TPSA) is 111 Å². The van der Waals surface area contributed by atoms with Gasteiger partial charge in [0.1, 0.15) is 0 Å². The third-order valence-corrected chi connectivity index (χ3v) is 4.71. The number of primary sulfonamides is 1. The Kier molecular flexibility index (Phi) is 3.99. The Morgan fingerprint density at radius 2 is 2.04 bits per heavy atom. The number of furan rings is 1. The van der Waals surface area contributed by atoms with Crippen molar-refractivity contribution in [3.63, 3.8) is 0 Å². The van der Waals surface area contributed by atoms with E-state index in [4.69, 9.17) is 9.56 Å². The van der Waals surface area contributed by atoms with Crippen LogP contribution >= 0.6 is 0 Å². The number of nitrogens with two attached hydrogens (primary N) is 1. The number of hydrogen-bond acceptors (Lipinski definition) is 5. The lowest BCUT2D eigenvalue weighted by molar-refractivity contribution is 0.0652. The number of rotatable bonds is 3. The fourth-order valence-electron chi connectivity index (χ4n) is 2.71. The molecular formula is C14H18N4O4S. The van der Waals surface area contributed by atoms with Gasteiger partial charge in [-0.05, 0) is 37.5 Å². The molecule has 1 amide bonds. The molecule has 0 spiro atoms. The lowest BCUT2D eigenvalue weighted by Gasteiger charge is -2.31. The van der Waals surface area contributed by atoms with E-state index in [0.717, 1.165) is 18.4 Å². The Labute approximate surface area is 133 Å². The molecule has 0 aliphatic carbocycles. The van der Waals surface area contributed by atoms with Crippen LogP contribution in [0.1, 0.15) is 35.0 Å². The predicted octanol–water partition coefficient (Wildman–Crippen LogP) is 0.909. The number of hydrogen-bond donors (Lipinski definition) is 1. The molecule has 2 aromatic heterocycles. The first-order valence-electron chi connectivity index (χ1n) is 7.27. The molecule has 8 nitrogen and oxygen atoms in total. The summed E-state index contributed by atoms with van der Waals surface area (Å²) < 4.78 is 29.4. The molecule has 0 bridgehead atoms. The third-order valence-electron chi connectivity index (χ3n) is 3.93. The van der Waals surface area contributed by atoms with E-state index in [9.17, 15) is 13.2 Å². The summed E-state index contributed by atoms with van der Waals surface area (Å²) in [6, 6.07) is 2.80. The number of aryl methyl sites for hydroxylation is 1. The molecule has 0 saturated carbocycles. The molecule has 1 saturated heterocycles. The lowest BCUT2D eigenvalue weighted by Crippen LogP contribution is -2.39. The standard InChI is InChI=1S/C14H18N4O4S/c1-10-8-16-18(9-10)11-4-6-17(7-5-11)14(19)12-2-3-13(22-12)23(15,20)21/h2-3,8-9,11H,4-7H2,1H3,(H2,15,20,21). The molecule has 0 unspecified atom stereocenters. The molecule has 2 N–H and O–H groups in total. The van der Waals surface area contributed by atoms with E-state index in [1.54, 1.807) is 4.90 Å². The number of aromatic nitrogens is 2. The van der Waals surface area contributed by atoms with Crippen molar-refractivity contribution in [2.45, 2.75) is 30.9 Å². The van der Waals surface area contributed by atoms with Crippen molar-refractivity contribution >= 4 is 15.9 Å². The quantitative estimate of drug-likeness (QED) is 0.894. The number of piperidine rings is 1. The SMILES string of the molecule is Cc1cnn(C2CCN(C(=O)c3ccc(S(N)(=O)=O)o3)CC2)c1. The normalized spacial score (nSPS) is 16.7. The van der Waals surface area contributed by atoms with Crippen molar-refractivity contribution in [2.24, 2.45) is 5.14 Å². The van der Waals surface area contributed by atoms with Crippen LogP contribution in [0, 0.1) is 6.92 Å². The highest BCUT2D eigenvalue weighted by Gasteiger charge is 2.27. The van der Waals surface area contributed by atoms with Crippen LogP contribution in [0.15, 0.2) is 34.0 Å². The molecule has 9 heteroatoms. The van der Waals surface area contributed by atoms with Crippen molar-refractivity contribution in [2.75, 3.05) is 13.1 Å². The highest BCUT2D eigenvalue weighted by Crippen LogP contribution is 2.24. The van der Waals surface area contributed by atoms with E-state index in [1.165, 1.54) is 12.1 Å². The van der Waals surface area contributed by atoms with Gasteiger partial charge in [0.05, 0.1) is 12.2 Å². The Balaban J connectivity index is 1.65. The molecule has 0 atom stereocenters. The first-order chi connectivity index (χ1) is 10.8. The second kappa shape index (κ2) is 5.82. The fraction of sp³-hybridized carbons (Fsp3) is 0.429. The van der Waals surface area contributed by atoms with Crippen molar-refractivity contribution in [3.05, 3.63) is 35.9 Å². The van der Waals surface area contributed by atoms with Crippen LogP contribution in [0.2, 0.25) is 0 Å². The van der Waals surface area contributed by atoms with Gasteiger partial charge in [0, 0.05) is 19.3 Å². The zero-order chi connectivity index (χ0) is 16.6. The largest absolute Gasteiger partial charge is 0.438 e. The van der Waals surface area contributed by atoms with Gasteiger partial charge in [-0.25, -0.2) is 13.6 Å². The van der Waals surface area contributed by atoms with Crippen molar-refractivity contribution in [1.82, 2.24) is 14.7 Å². The summed E-state index contributed by atoms with van der Waals surface area (Å²) in [5.74, 6) is -0.336. The van der Waals surface area contributed by atoms with Crippen molar-refractivity contribution in [1.29, 1.82) is 0 Å². The first kappa shape index (κ1) is 15.8. The van der Waals surface area contributed by atoms with Gasteiger partial charge in [-0.1, -0.05) is 0 Å². The van der Waals surface area contributed by atoms with Crippen LogP contribution in [0.3, 0.4) is 0 Å². The molecule has 1 fully saturated rings. The van der Waals surface area contributed by atoms with Crippen LogP contribution in [0.5, 0.6) is 0 Å². The maximum Gasteiger partial charge on any atom is 0.289 e. The Morgan fingerprint density at radius 3 is 2.57 bits per heavy atom. The van der Waals surface area contributed by atoms with Crippen LogP contribution < -0.4 is 5.14 Å². The van der Waals surface area contributed by atoms with E-state index < -0.39 is 15.1 Å². The molecule has 2 aromatic rings. The summed E-state index contributed by atoms with van der Waals surface area (Å²) >= 11 is 0. The number of amides is 1. The van der Waals surface area contributed by atoms with Gasteiger partial charge >= 0.3 is 0 Å². The van der Waals surface area contributed by atoms with Crippen molar-refractivity contribution in [3.8, 4) is 0 Å². The molecule has 0 radical (unpaired) electrons. The monoisotopic (exact) mass is 338 g/mol. The zero-order valence-corrected chi connectivity index (χ0v) is 13.5. The van der Waals surface area contributed by atoms with Crippen LogP contribution in [0.4, 0.5) is 0 Å². The number of likely N-dealkylation sites (tertiary alicyclic amines) is 1. The molecular weight excluding hydrogens is 320 g/mol. The molecule has 3 rings (SSSR count). The first-order valence-corrected chi connectivity index (χ1v) is 8.82. The summed E-state index contributed by atoms with van der Waals surface area (Å²) in [7, 11) is -3.94. The average molecular weight is 338 g/mol. The van der Waals surface area contributed by atoms with Gasteiger partial charge < -0.3 is 9.32 Å². The zero-order valence-electron chi connectivity index (χ0n) is 12.7. The molecule has 0 aromatic carbocycles. The van der Waals surface area contributed by atoms with Gasteiger partial charge in [0.2, 0.25) is 5.09 Å². The maximum absolute atomic E-state index is 12.4. The molecule has 124 valence electrons. The average Bonchev–Trinajstić information content (AvgIpc) is 3.15. The number of carbonyl (C=O) groups is 1. The maximum atomic E-state index is 12.4. The van der Waals surface area contributed by atoms with Gasteiger partial charge in [-0.2, -0.15) is 5.10 Å². The summed E-state index contributed by atoms with van der Waals surface area (Å²) in [6.45, 7) is 3.11. The number of nitrogens with zero attached hydrogens (tertiary/aromatic N) is 3. The summed E-state index contributed by atoms with van der Waals surface area (Å²) in [5.41, 5.74) is 1.11. The van der Waals surface area contributed by atoms with E-state index in [0.29, 0.717) is 13.1 Å². The third kappa shape index (κ3) is 3.30. The summed E-state index contributed by atoms with van der Waals surface area (Å²) in [4.78, 5) is 14.0. The number of carbonyl (C=O) groups excluding carboxylic acids is 1. The molecule has 1 aliphatic rings. The van der Waals surface area contributed by atoms with E-state index in [-0.39, 0.29) is 17.7 Å².